The Morgan fingerprint density at radius 1 is 1.35 bits per heavy atom. The van der Waals surface area contributed by atoms with Gasteiger partial charge in [0, 0.05) is 29.7 Å². The molecule has 0 saturated heterocycles. The highest BCUT2D eigenvalue weighted by atomic mass is 35.5. The summed E-state index contributed by atoms with van der Waals surface area (Å²) in [6.07, 6.45) is 0.341. The lowest BCUT2D eigenvalue weighted by Gasteiger charge is -2.08. The minimum atomic E-state index is -0.0665. The predicted octanol–water partition coefficient (Wildman–Crippen LogP) is 3.39. The zero-order chi connectivity index (χ0) is 14.5. The van der Waals surface area contributed by atoms with Gasteiger partial charge in [-0.25, -0.2) is 0 Å². The summed E-state index contributed by atoms with van der Waals surface area (Å²) >= 11 is 5.87. The molecule has 0 aliphatic carbocycles. The van der Waals surface area contributed by atoms with Crippen molar-refractivity contribution in [1.29, 1.82) is 0 Å². The van der Waals surface area contributed by atoms with Crippen LogP contribution in [0.2, 0.25) is 5.02 Å². The van der Waals surface area contributed by atoms with E-state index >= 15 is 0 Å². The summed E-state index contributed by atoms with van der Waals surface area (Å²) in [5.74, 6) is 1.30. The van der Waals surface area contributed by atoms with E-state index in [9.17, 15) is 4.79 Å². The molecule has 1 amide bonds. The molecule has 0 spiro atoms. The van der Waals surface area contributed by atoms with Gasteiger partial charge in [-0.05, 0) is 37.6 Å². The van der Waals surface area contributed by atoms with Crippen molar-refractivity contribution >= 4 is 29.0 Å². The normalized spacial score (nSPS) is 10.3. The minimum Gasteiger partial charge on any atom is -0.367 e. The van der Waals surface area contributed by atoms with Crippen molar-refractivity contribution < 1.29 is 9.32 Å². The molecule has 1 aromatic heterocycles. The number of aromatic nitrogens is 1. The zero-order valence-corrected chi connectivity index (χ0v) is 12.1. The Morgan fingerprint density at radius 3 is 2.80 bits per heavy atom. The molecule has 106 valence electrons. The molecule has 2 N–H and O–H groups in total. The average Bonchev–Trinajstić information content (AvgIpc) is 2.79. The van der Waals surface area contributed by atoms with Gasteiger partial charge in [-0.3, -0.25) is 4.79 Å². The number of halogens is 1. The molecule has 0 atom stereocenters. The molecule has 0 unspecified atom stereocenters. The van der Waals surface area contributed by atoms with Crippen molar-refractivity contribution in [1.82, 2.24) is 5.16 Å². The smallest absolute Gasteiger partial charge is 0.226 e. The molecule has 5 nitrogen and oxygen atoms in total. The van der Waals surface area contributed by atoms with Crippen LogP contribution in [0.4, 0.5) is 11.5 Å². The monoisotopic (exact) mass is 293 g/mol. The van der Waals surface area contributed by atoms with E-state index in [0.29, 0.717) is 23.8 Å². The van der Waals surface area contributed by atoms with Gasteiger partial charge in [0.2, 0.25) is 5.91 Å². The maximum Gasteiger partial charge on any atom is 0.226 e. The molecule has 0 radical (unpaired) electrons. The first-order valence-electron chi connectivity index (χ1n) is 6.28. The summed E-state index contributed by atoms with van der Waals surface area (Å²) in [5.41, 5.74) is 1.71. The Kier molecular flexibility index (Phi) is 4.63. The Hall–Kier alpha value is -2.01. The quantitative estimate of drug-likeness (QED) is 0.887. The van der Waals surface area contributed by atoms with Crippen LogP contribution >= 0.6 is 11.6 Å². The van der Waals surface area contributed by atoms with E-state index in [4.69, 9.17) is 16.1 Å². The van der Waals surface area contributed by atoms with Gasteiger partial charge < -0.3 is 15.2 Å². The number of hydrogen-bond acceptors (Lipinski definition) is 4. The van der Waals surface area contributed by atoms with Crippen LogP contribution in [0.5, 0.6) is 0 Å². The third-order valence-corrected chi connectivity index (χ3v) is 2.98. The Balaban J connectivity index is 1.80. The van der Waals surface area contributed by atoms with E-state index in [-0.39, 0.29) is 5.91 Å². The third kappa shape index (κ3) is 3.99. The second-order valence-corrected chi connectivity index (χ2v) is 4.94. The maximum atomic E-state index is 11.8. The van der Waals surface area contributed by atoms with Crippen LogP contribution in [0.1, 0.15) is 17.7 Å². The lowest BCUT2D eigenvalue weighted by molar-refractivity contribution is -0.115. The number of nitrogens with zero attached hydrogens (tertiary/aromatic N) is 1. The molecule has 20 heavy (non-hydrogen) atoms. The topological polar surface area (TPSA) is 67.2 Å². The standard InChI is InChI=1S/C14H16ClN3O2/c1-9-7-11(15)3-4-12(9)17-14(19)5-6-16-13-8-10(2)20-18-13/h3-4,7-8H,5-6H2,1-2H3,(H,16,18)(H,17,19). The van der Waals surface area contributed by atoms with Crippen LogP contribution in [0, 0.1) is 13.8 Å². The lowest BCUT2D eigenvalue weighted by atomic mass is 10.2. The van der Waals surface area contributed by atoms with E-state index < -0.39 is 0 Å². The molecule has 0 aliphatic rings. The van der Waals surface area contributed by atoms with Crippen LogP contribution in [-0.4, -0.2) is 17.6 Å². The highest BCUT2D eigenvalue weighted by Gasteiger charge is 2.06. The van der Waals surface area contributed by atoms with E-state index in [1.807, 2.05) is 19.9 Å². The van der Waals surface area contributed by atoms with Crippen molar-refractivity contribution in [2.45, 2.75) is 20.3 Å². The molecule has 1 aromatic carbocycles. The number of hydrogen-bond donors (Lipinski definition) is 2. The average molecular weight is 294 g/mol. The molecule has 2 aromatic rings. The number of carbonyl (C=O) groups excluding carboxylic acids is 1. The van der Waals surface area contributed by atoms with Crippen molar-refractivity contribution in [2.24, 2.45) is 0 Å². The predicted molar refractivity (Wildman–Crippen MR) is 79.2 cm³/mol. The summed E-state index contributed by atoms with van der Waals surface area (Å²) < 4.78 is 4.92. The summed E-state index contributed by atoms with van der Waals surface area (Å²) in [4.78, 5) is 11.8. The van der Waals surface area contributed by atoms with Gasteiger partial charge in [0.15, 0.2) is 5.82 Å². The molecule has 0 bridgehead atoms. The van der Waals surface area contributed by atoms with E-state index in [1.54, 1.807) is 18.2 Å². The number of aryl methyl sites for hydroxylation is 2. The molecule has 6 heteroatoms. The second-order valence-electron chi connectivity index (χ2n) is 4.51. The summed E-state index contributed by atoms with van der Waals surface area (Å²) in [6.45, 7) is 4.20. The van der Waals surface area contributed by atoms with Crippen LogP contribution < -0.4 is 10.6 Å². The fourth-order valence-electron chi connectivity index (χ4n) is 1.73. The first-order valence-corrected chi connectivity index (χ1v) is 6.65. The van der Waals surface area contributed by atoms with Crippen molar-refractivity contribution in [2.75, 3.05) is 17.2 Å². The van der Waals surface area contributed by atoms with E-state index in [2.05, 4.69) is 15.8 Å². The van der Waals surface area contributed by atoms with Crippen LogP contribution in [0.25, 0.3) is 0 Å². The SMILES string of the molecule is Cc1cc(NCCC(=O)Nc2ccc(Cl)cc2C)no1. The zero-order valence-electron chi connectivity index (χ0n) is 11.4. The third-order valence-electron chi connectivity index (χ3n) is 2.75. The fourth-order valence-corrected chi connectivity index (χ4v) is 1.96. The fraction of sp³-hybridized carbons (Fsp3) is 0.286. The Morgan fingerprint density at radius 2 is 2.15 bits per heavy atom. The van der Waals surface area contributed by atoms with Crippen molar-refractivity contribution in [3.63, 3.8) is 0 Å². The van der Waals surface area contributed by atoms with Crippen molar-refractivity contribution in [3.8, 4) is 0 Å². The number of rotatable bonds is 5. The number of anilines is 2. The number of carbonyl (C=O) groups is 1. The molecule has 0 aliphatic heterocycles. The summed E-state index contributed by atoms with van der Waals surface area (Å²) in [7, 11) is 0. The highest BCUT2D eigenvalue weighted by Crippen LogP contribution is 2.19. The lowest BCUT2D eigenvalue weighted by Crippen LogP contribution is -2.16. The van der Waals surface area contributed by atoms with E-state index in [0.717, 1.165) is 17.0 Å². The van der Waals surface area contributed by atoms with Gasteiger partial charge in [-0.15, -0.1) is 0 Å². The minimum absolute atomic E-state index is 0.0665. The summed E-state index contributed by atoms with van der Waals surface area (Å²) in [5, 5.41) is 10.3. The number of benzene rings is 1. The van der Waals surface area contributed by atoms with Gasteiger partial charge in [0.05, 0.1) is 0 Å². The Labute approximate surface area is 122 Å². The second kappa shape index (κ2) is 6.43. The van der Waals surface area contributed by atoms with E-state index in [1.165, 1.54) is 0 Å². The summed E-state index contributed by atoms with van der Waals surface area (Å²) in [6, 6.07) is 7.14. The van der Waals surface area contributed by atoms with Gasteiger partial charge in [-0.2, -0.15) is 0 Å². The molecule has 0 saturated carbocycles. The molecular formula is C14H16ClN3O2. The van der Waals surface area contributed by atoms with Crippen LogP contribution in [0.15, 0.2) is 28.8 Å². The number of nitrogens with one attached hydrogen (secondary N) is 2. The van der Waals surface area contributed by atoms with Gasteiger partial charge in [0.25, 0.3) is 0 Å². The number of amides is 1. The Bertz CT molecular complexity index is 610. The van der Waals surface area contributed by atoms with Crippen LogP contribution in [-0.2, 0) is 4.79 Å². The molecule has 0 fully saturated rings. The van der Waals surface area contributed by atoms with Gasteiger partial charge in [-0.1, -0.05) is 16.8 Å². The first-order chi connectivity index (χ1) is 9.54. The maximum absolute atomic E-state index is 11.8. The molecule has 1 heterocycles. The first kappa shape index (κ1) is 14.4. The molecular weight excluding hydrogens is 278 g/mol. The van der Waals surface area contributed by atoms with Crippen molar-refractivity contribution in [3.05, 3.63) is 40.6 Å². The van der Waals surface area contributed by atoms with Crippen LogP contribution in [0.3, 0.4) is 0 Å². The molecule has 2 rings (SSSR count). The van der Waals surface area contributed by atoms with Gasteiger partial charge >= 0.3 is 0 Å². The highest BCUT2D eigenvalue weighted by molar-refractivity contribution is 6.30. The van der Waals surface area contributed by atoms with Gasteiger partial charge in [0.1, 0.15) is 5.76 Å². The largest absolute Gasteiger partial charge is 0.367 e.